The third kappa shape index (κ3) is 3.81. The number of ether oxygens (including phenoxy) is 1. The molecular formula is C15H17NO5. The molecule has 1 aromatic rings. The van der Waals surface area contributed by atoms with Crippen LogP contribution < -0.4 is 4.74 Å². The van der Waals surface area contributed by atoms with Crippen LogP contribution in [-0.2, 0) is 20.8 Å². The zero-order valence-corrected chi connectivity index (χ0v) is 11.8. The molecule has 1 heterocycles. The van der Waals surface area contributed by atoms with Gasteiger partial charge in [0.1, 0.15) is 5.75 Å². The first-order valence-electron chi connectivity index (χ1n) is 6.95. The van der Waals surface area contributed by atoms with Gasteiger partial charge in [0.25, 0.3) is 11.8 Å². The van der Waals surface area contributed by atoms with Gasteiger partial charge in [-0.2, -0.15) is 0 Å². The monoisotopic (exact) mass is 291 g/mol. The summed E-state index contributed by atoms with van der Waals surface area (Å²) in [6.07, 6.45) is 1.80. The molecule has 1 aliphatic heterocycles. The second kappa shape index (κ2) is 6.88. The standard InChI is InChI=1S/C15H17NO5/c1-2-3-6-11-7-4-5-8-12(11)20-15(19)21-16-13(17)9-10-14(16)18/h4-5,7-8H,2-3,6,9-10H2,1H3. The summed E-state index contributed by atoms with van der Waals surface area (Å²) in [5, 5.41) is 0.469. The van der Waals surface area contributed by atoms with E-state index < -0.39 is 18.0 Å². The maximum Gasteiger partial charge on any atom is 0.539 e. The molecule has 1 aromatic carbocycles. The minimum absolute atomic E-state index is 0.0548. The van der Waals surface area contributed by atoms with Crippen molar-refractivity contribution >= 4 is 18.0 Å². The number of nitrogens with zero attached hydrogens (tertiary/aromatic N) is 1. The van der Waals surface area contributed by atoms with E-state index in [4.69, 9.17) is 4.74 Å². The lowest BCUT2D eigenvalue weighted by atomic mass is 10.1. The minimum atomic E-state index is -1.08. The highest BCUT2D eigenvalue weighted by Crippen LogP contribution is 2.21. The molecule has 112 valence electrons. The van der Waals surface area contributed by atoms with Crippen molar-refractivity contribution < 1.29 is 24.0 Å². The quantitative estimate of drug-likeness (QED) is 0.473. The normalized spacial score (nSPS) is 14.4. The first-order chi connectivity index (χ1) is 10.1. The third-order valence-electron chi connectivity index (χ3n) is 3.14. The number of amides is 2. The summed E-state index contributed by atoms with van der Waals surface area (Å²) in [6, 6.07) is 7.12. The topological polar surface area (TPSA) is 72.9 Å². The molecule has 1 saturated heterocycles. The number of hydrogen-bond donors (Lipinski definition) is 0. The number of hydrogen-bond acceptors (Lipinski definition) is 5. The van der Waals surface area contributed by atoms with E-state index in [0.717, 1.165) is 24.8 Å². The predicted molar refractivity (Wildman–Crippen MR) is 73.3 cm³/mol. The van der Waals surface area contributed by atoms with Crippen LogP contribution in [0.15, 0.2) is 24.3 Å². The lowest BCUT2D eigenvalue weighted by Crippen LogP contribution is -2.33. The van der Waals surface area contributed by atoms with Crippen molar-refractivity contribution in [3.63, 3.8) is 0 Å². The van der Waals surface area contributed by atoms with Gasteiger partial charge in [0.15, 0.2) is 0 Å². The second-order valence-electron chi connectivity index (χ2n) is 4.74. The fourth-order valence-electron chi connectivity index (χ4n) is 2.02. The molecule has 0 atom stereocenters. The van der Waals surface area contributed by atoms with Crippen molar-refractivity contribution in [1.29, 1.82) is 0 Å². The summed E-state index contributed by atoms with van der Waals surface area (Å²) in [5.41, 5.74) is 0.885. The fraction of sp³-hybridized carbons (Fsp3) is 0.400. The van der Waals surface area contributed by atoms with E-state index in [2.05, 4.69) is 11.8 Å². The van der Waals surface area contributed by atoms with E-state index in [0.29, 0.717) is 10.8 Å². The van der Waals surface area contributed by atoms with Crippen molar-refractivity contribution in [1.82, 2.24) is 5.06 Å². The van der Waals surface area contributed by atoms with Crippen molar-refractivity contribution in [2.24, 2.45) is 0 Å². The molecule has 0 spiro atoms. The Morgan fingerprint density at radius 2 is 1.86 bits per heavy atom. The molecule has 0 bridgehead atoms. The number of unbranched alkanes of at least 4 members (excludes halogenated alkanes) is 1. The maximum atomic E-state index is 11.7. The van der Waals surface area contributed by atoms with Gasteiger partial charge < -0.3 is 4.74 Å². The molecular weight excluding hydrogens is 274 g/mol. The van der Waals surface area contributed by atoms with Crippen LogP contribution in [0.25, 0.3) is 0 Å². The van der Waals surface area contributed by atoms with Crippen LogP contribution in [0.1, 0.15) is 38.2 Å². The van der Waals surface area contributed by atoms with E-state index in [1.165, 1.54) is 0 Å². The Balaban J connectivity index is 1.99. The summed E-state index contributed by atoms with van der Waals surface area (Å²) in [4.78, 5) is 39.1. The minimum Gasteiger partial charge on any atom is -0.393 e. The highest BCUT2D eigenvalue weighted by molar-refractivity contribution is 6.01. The van der Waals surface area contributed by atoms with Gasteiger partial charge >= 0.3 is 6.16 Å². The van der Waals surface area contributed by atoms with E-state index in [1.807, 2.05) is 12.1 Å². The molecule has 1 fully saturated rings. The molecule has 0 radical (unpaired) electrons. The SMILES string of the molecule is CCCCc1ccccc1OC(=O)ON1C(=O)CCC1=O. The molecule has 2 rings (SSSR count). The molecule has 0 N–H and O–H groups in total. The van der Waals surface area contributed by atoms with Crippen LogP contribution in [0.4, 0.5) is 4.79 Å². The van der Waals surface area contributed by atoms with Gasteiger partial charge in [0.05, 0.1) is 0 Å². The van der Waals surface area contributed by atoms with Crippen LogP contribution >= 0.6 is 0 Å². The third-order valence-corrected chi connectivity index (χ3v) is 3.14. The second-order valence-corrected chi connectivity index (χ2v) is 4.74. The van der Waals surface area contributed by atoms with Gasteiger partial charge in [-0.15, -0.1) is 0 Å². The Kier molecular flexibility index (Phi) is 4.92. The number of hydroxylamine groups is 2. The Bertz CT molecular complexity index is 539. The van der Waals surface area contributed by atoms with Gasteiger partial charge in [-0.3, -0.25) is 14.4 Å². The first kappa shape index (κ1) is 15.0. The lowest BCUT2D eigenvalue weighted by Gasteiger charge is -2.13. The van der Waals surface area contributed by atoms with Gasteiger partial charge in [0.2, 0.25) is 0 Å². The predicted octanol–water partition coefficient (Wildman–Crippen LogP) is 2.61. The lowest BCUT2D eigenvalue weighted by molar-refractivity contribution is -0.174. The van der Waals surface area contributed by atoms with Crippen LogP contribution in [0.2, 0.25) is 0 Å². The van der Waals surface area contributed by atoms with E-state index in [9.17, 15) is 14.4 Å². The van der Waals surface area contributed by atoms with Crippen molar-refractivity contribution in [2.75, 3.05) is 0 Å². The van der Waals surface area contributed by atoms with Crippen LogP contribution in [0, 0.1) is 0 Å². The molecule has 1 aliphatic rings. The van der Waals surface area contributed by atoms with Crippen LogP contribution in [0.5, 0.6) is 5.75 Å². The van der Waals surface area contributed by atoms with Crippen LogP contribution in [-0.4, -0.2) is 23.0 Å². The number of aryl methyl sites for hydroxylation is 1. The number of rotatable bonds is 5. The highest BCUT2D eigenvalue weighted by Gasteiger charge is 2.33. The number of benzene rings is 1. The van der Waals surface area contributed by atoms with E-state index >= 15 is 0 Å². The molecule has 2 amide bonds. The van der Waals surface area contributed by atoms with Gasteiger partial charge in [-0.05, 0) is 24.5 Å². The molecule has 0 unspecified atom stereocenters. The Morgan fingerprint density at radius 3 is 2.52 bits per heavy atom. The van der Waals surface area contributed by atoms with Crippen molar-refractivity contribution in [3.05, 3.63) is 29.8 Å². The van der Waals surface area contributed by atoms with Gasteiger partial charge in [-0.25, -0.2) is 4.79 Å². The molecule has 0 aromatic heterocycles. The number of carbonyl (C=O) groups is 3. The molecule has 6 nitrogen and oxygen atoms in total. The van der Waals surface area contributed by atoms with Crippen molar-refractivity contribution in [2.45, 2.75) is 39.0 Å². The van der Waals surface area contributed by atoms with E-state index in [1.54, 1.807) is 12.1 Å². The van der Waals surface area contributed by atoms with Crippen LogP contribution in [0.3, 0.4) is 0 Å². The van der Waals surface area contributed by atoms with Gasteiger partial charge in [-0.1, -0.05) is 36.6 Å². The van der Waals surface area contributed by atoms with Crippen molar-refractivity contribution in [3.8, 4) is 5.75 Å². The average molecular weight is 291 g/mol. The molecule has 0 saturated carbocycles. The number of para-hydroxylation sites is 1. The zero-order chi connectivity index (χ0) is 15.2. The smallest absolute Gasteiger partial charge is 0.393 e. The Labute approximate surface area is 122 Å². The van der Waals surface area contributed by atoms with Gasteiger partial charge in [0, 0.05) is 12.8 Å². The summed E-state index contributed by atoms with van der Waals surface area (Å²) < 4.78 is 5.09. The molecule has 0 aliphatic carbocycles. The summed E-state index contributed by atoms with van der Waals surface area (Å²) in [7, 11) is 0. The summed E-state index contributed by atoms with van der Waals surface area (Å²) >= 11 is 0. The highest BCUT2D eigenvalue weighted by atomic mass is 16.8. The van der Waals surface area contributed by atoms with E-state index in [-0.39, 0.29) is 12.8 Å². The Hall–Kier alpha value is -2.37. The zero-order valence-electron chi connectivity index (χ0n) is 11.8. The summed E-state index contributed by atoms with van der Waals surface area (Å²) in [6.45, 7) is 2.07. The summed E-state index contributed by atoms with van der Waals surface area (Å²) in [5.74, 6) is -0.678. The first-order valence-corrected chi connectivity index (χ1v) is 6.95. The largest absolute Gasteiger partial charge is 0.539 e. The average Bonchev–Trinajstić information content (AvgIpc) is 2.78. The maximum absolute atomic E-state index is 11.7. The number of imide groups is 1. The fourth-order valence-corrected chi connectivity index (χ4v) is 2.02. The number of carbonyl (C=O) groups excluding carboxylic acids is 3. The Morgan fingerprint density at radius 1 is 1.19 bits per heavy atom. The molecule has 6 heteroatoms. The molecule has 21 heavy (non-hydrogen) atoms.